The molecule has 2 nitrogen and oxygen atoms in total. The van der Waals surface area contributed by atoms with Crippen molar-refractivity contribution in [1.82, 2.24) is 9.38 Å². The Kier molecular flexibility index (Phi) is 2.33. The van der Waals surface area contributed by atoms with E-state index in [0.717, 1.165) is 15.8 Å². The van der Waals surface area contributed by atoms with Crippen LogP contribution in [0, 0.1) is 6.92 Å². The highest BCUT2D eigenvalue weighted by Gasteiger charge is 2.07. The summed E-state index contributed by atoms with van der Waals surface area (Å²) in [5.74, 6) is 0. The van der Waals surface area contributed by atoms with Gasteiger partial charge in [-0.15, -0.1) is 11.3 Å². The Labute approximate surface area is 106 Å². The maximum Gasteiger partial charge on any atom is 0.151 e. The Morgan fingerprint density at radius 3 is 2.88 bits per heavy atom. The predicted molar refractivity (Wildman–Crippen MR) is 70.9 cm³/mol. The minimum Gasteiger partial charge on any atom is -0.305 e. The van der Waals surface area contributed by atoms with Crippen molar-refractivity contribution < 1.29 is 0 Å². The molecule has 0 fully saturated rings. The lowest BCUT2D eigenvalue weighted by molar-refractivity contribution is 1.18. The molecule has 0 N–H and O–H groups in total. The average molecular weight is 293 g/mol. The molecule has 0 atom stereocenters. The Balaban J connectivity index is 2.22. The number of pyridine rings is 1. The van der Waals surface area contributed by atoms with Crippen LogP contribution in [-0.2, 0) is 0 Å². The molecule has 0 aliphatic heterocycles. The zero-order valence-electron chi connectivity index (χ0n) is 8.64. The van der Waals surface area contributed by atoms with Crippen LogP contribution in [-0.4, -0.2) is 9.38 Å². The molecule has 0 aliphatic carbocycles. The Morgan fingerprint density at radius 1 is 1.31 bits per heavy atom. The predicted octanol–water partition coefficient (Wildman–Crippen LogP) is 4.13. The van der Waals surface area contributed by atoms with Gasteiger partial charge in [0.05, 0.1) is 15.0 Å². The molecule has 0 radical (unpaired) electrons. The van der Waals surface area contributed by atoms with Crippen molar-refractivity contribution in [1.29, 1.82) is 0 Å². The molecule has 3 rings (SSSR count). The number of imidazole rings is 1. The average Bonchev–Trinajstić information content (AvgIpc) is 2.84. The minimum atomic E-state index is 0.962. The standard InChI is InChI=1S/C12H9BrN2S/c1-8-4-5-11(16-8)10-7-15-6-2-3-9(13)12(15)14-10/h2-7H,1H3. The summed E-state index contributed by atoms with van der Waals surface area (Å²) in [4.78, 5) is 7.15. The highest BCUT2D eigenvalue weighted by atomic mass is 79.9. The second kappa shape index (κ2) is 3.71. The first-order valence-corrected chi connectivity index (χ1v) is 6.55. The van der Waals surface area contributed by atoms with Gasteiger partial charge in [-0.25, -0.2) is 4.98 Å². The van der Waals surface area contributed by atoms with E-state index in [0.29, 0.717) is 0 Å². The summed E-state index contributed by atoms with van der Waals surface area (Å²) in [7, 11) is 0. The van der Waals surface area contributed by atoms with Crippen LogP contribution in [0.1, 0.15) is 4.88 Å². The first-order chi connectivity index (χ1) is 7.74. The molecule has 0 saturated heterocycles. The van der Waals surface area contributed by atoms with E-state index in [-0.39, 0.29) is 0 Å². The van der Waals surface area contributed by atoms with Crippen LogP contribution in [0.25, 0.3) is 16.2 Å². The van der Waals surface area contributed by atoms with Crippen molar-refractivity contribution >= 4 is 32.9 Å². The van der Waals surface area contributed by atoms with Crippen molar-refractivity contribution in [2.45, 2.75) is 6.92 Å². The Hall–Kier alpha value is -1.13. The third kappa shape index (κ3) is 1.58. The summed E-state index contributed by atoms with van der Waals surface area (Å²) in [6, 6.07) is 8.25. The van der Waals surface area contributed by atoms with Crippen LogP contribution < -0.4 is 0 Å². The molecular weight excluding hydrogens is 284 g/mol. The Morgan fingerprint density at radius 2 is 2.19 bits per heavy atom. The smallest absolute Gasteiger partial charge is 0.151 e. The van der Waals surface area contributed by atoms with E-state index in [1.54, 1.807) is 11.3 Å². The van der Waals surface area contributed by atoms with E-state index in [1.165, 1.54) is 9.75 Å². The fourth-order valence-corrected chi connectivity index (χ4v) is 2.94. The van der Waals surface area contributed by atoms with Gasteiger partial charge in [0.1, 0.15) is 0 Å². The Bertz CT molecular complexity index is 654. The quantitative estimate of drug-likeness (QED) is 0.659. The van der Waals surface area contributed by atoms with E-state index in [1.807, 2.05) is 22.7 Å². The molecule has 0 aromatic carbocycles. The highest BCUT2D eigenvalue weighted by molar-refractivity contribution is 9.10. The van der Waals surface area contributed by atoms with E-state index in [2.05, 4.69) is 46.2 Å². The van der Waals surface area contributed by atoms with Gasteiger partial charge in [0, 0.05) is 17.3 Å². The number of nitrogens with zero attached hydrogens (tertiary/aromatic N) is 2. The summed E-state index contributed by atoms with van der Waals surface area (Å²) in [6.07, 6.45) is 4.07. The molecule has 0 aliphatic rings. The number of aryl methyl sites for hydroxylation is 1. The summed E-state index contributed by atoms with van der Waals surface area (Å²) in [6.45, 7) is 2.11. The third-order valence-corrected chi connectivity index (χ3v) is 4.07. The molecule has 3 heterocycles. The van der Waals surface area contributed by atoms with Gasteiger partial charge < -0.3 is 4.40 Å². The van der Waals surface area contributed by atoms with Crippen LogP contribution in [0.4, 0.5) is 0 Å². The largest absolute Gasteiger partial charge is 0.305 e. The van der Waals surface area contributed by atoms with Crippen molar-refractivity contribution in [3.8, 4) is 10.6 Å². The monoisotopic (exact) mass is 292 g/mol. The fourth-order valence-electron chi connectivity index (χ4n) is 1.67. The molecule has 0 amide bonds. The van der Waals surface area contributed by atoms with Gasteiger partial charge in [0.25, 0.3) is 0 Å². The first kappa shape index (κ1) is 10.1. The SMILES string of the molecule is Cc1ccc(-c2cn3cccc(Br)c3n2)s1. The van der Waals surface area contributed by atoms with E-state index >= 15 is 0 Å². The van der Waals surface area contributed by atoms with Crippen molar-refractivity contribution in [2.24, 2.45) is 0 Å². The normalized spacial score (nSPS) is 11.1. The van der Waals surface area contributed by atoms with E-state index in [4.69, 9.17) is 0 Å². The van der Waals surface area contributed by atoms with Gasteiger partial charge in [-0.05, 0) is 47.1 Å². The van der Waals surface area contributed by atoms with E-state index < -0.39 is 0 Å². The zero-order valence-corrected chi connectivity index (χ0v) is 11.0. The number of rotatable bonds is 1. The number of hydrogen-bond acceptors (Lipinski definition) is 2. The molecule has 0 unspecified atom stereocenters. The lowest BCUT2D eigenvalue weighted by Crippen LogP contribution is -1.80. The summed E-state index contributed by atoms with van der Waals surface area (Å²) in [5.41, 5.74) is 1.99. The first-order valence-electron chi connectivity index (χ1n) is 4.94. The molecule has 4 heteroatoms. The fraction of sp³-hybridized carbons (Fsp3) is 0.0833. The molecule has 0 saturated carbocycles. The molecule has 0 spiro atoms. The van der Waals surface area contributed by atoms with Gasteiger partial charge in [-0.2, -0.15) is 0 Å². The maximum absolute atomic E-state index is 4.62. The van der Waals surface area contributed by atoms with Crippen molar-refractivity contribution in [3.63, 3.8) is 0 Å². The topological polar surface area (TPSA) is 17.3 Å². The summed E-state index contributed by atoms with van der Waals surface area (Å²) in [5, 5.41) is 0. The molecule has 80 valence electrons. The van der Waals surface area contributed by atoms with Crippen LogP contribution in [0.2, 0.25) is 0 Å². The van der Waals surface area contributed by atoms with Crippen molar-refractivity contribution in [3.05, 3.63) is 46.0 Å². The van der Waals surface area contributed by atoms with Crippen LogP contribution in [0.5, 0.6) is 0 Å². The number of fused-ring (bicyclic) bond motifs is 1. The maximum atomic E-state index is 4.62. The van der Waals surface area contributed by atoms with Crippen LogP contribution in [0.3, 0.4) is 0 Å². The second-order valence-electron chi connectivity index (χ2n) is 3.62. The number of hydrogen-bond donors (Lipinski definition) is 0. The third-order valence-electron chi connectivity index (χ3n) is 2.43. The second-order valence-corrected chi connectivity index (χ2v) is 5.77. The van der Waals surface area contributed by atoms with Gasteiger partial charge in [0.15, 0.2) is 5.65 Å². The summed E-state index contributed by atoms with van der Waals surface area (Å²) >= 11 is 5.28. The number of halogens is 1. The van der Waals surface area contributed by atoms with Gasteiger partial charge >= 0.3 is 0 Å². The highest BCUT2D eigenvalue weighted by Crippen LogP contribution is 2.28. The lowest BCUT2D eigenvalue weighted by Gasteiger charge is -1.92. The molecule has 3 aromatic rings. The van der Waals surface area contributed by atoms with Gasteiger partial charge in [0.2, 0.25) is 0 Å². The zero-order chi connectivity index (χ0) is 11.1. The molecule has 3 aromatic heterocycles. The molecule has 16 heavy (non-hydrogen) atoms. The van der Waals surface area contributed by atoms with Crippen LogP contribution >= 0.6 is 27.3 Å². The van der Waals surface area contributed by atoms with Gasteiger partial charge in [-0.3, -0.25) is 0 Å². The number of aromatic nitrogens is 2. The van der Waals surface area contributed by atoms with Crippen molar-refractivity contribution in [2.75, 3.05) is 0 Å². The lowest BCUT2D eigenvalue weighted by atomic mass is 10.4. The van der Waals surface area contributed by atoms with E-state index in [9.17, 15) is 0 Å². The minimum absolute atomic E-state index is 0.962. The van der Waals surface area contributed by atoms with Crippen LogP contribution in [0.15, 0.2) is 41.1 Å². The molecular formula is C12H9BrN2S. The number of thiophene rings is 1. The van der Waals surface area contributed by atoms with Gasteiger partial charge in [-0.1, -0.05) is 0 Å². The molecule has 0 bridgehead atoms. The summed E-state index contributed by atoms with van der Waals surface area (Å²) < 4.78 is 3.06.